The SMILES string of the molecule is O=C(NCc1ccnc2ccnn12)N1CCC2(O)CCCCC2C1. The van der Waals surface area contributed by atoms with E-state index in [0.717, 1.165) is 37.0 Å². The van der Waals surface area contributed by atoms with E-state index in [4.69, 9.17) is 0 Å². The lowest BCUT2D eigenvalue weighted by molar-refractivity contribution is -0.0870. The molecule has 2 unspecified atom stereocenters. The molecule has 1 saturated carbocycles. The Hall–Kier alpha value is -2.15. The number of aliphatic hydroxyl groups is 1. The second-order valence-electron chi connectivity index (χ2n) is 6.94. The lowest BCUT2D eigenvalue weighted by Gasteiger charge is -2.47. The van der Waals surface area contributed by atoms with Gasteiger partial charge in [0.25, 0.3) is 0 Å². The van der Waals surface area contributed by atoms with Crippen molar-refractivity contribution in [1.29, 1.82) is 0 Å². The van der Waals surface area contributed by atoms with E-state index >= 15 is 0 Å². The minimum absolute atomic E-state index is 0.0697. The van der Waals surface area contributed by atoms with Crippen molar-refractivity contribution in [2.24, 2.45) is 5.92 Å². The molecule has 1 saturated heterocycles. The Morgan fingerprint density at radius 2 is 2.25 bits per heavy atom. The Morgan fingerprint density at radius 1 is 1.33 bits per heavy atom. The van der Waals surface area contributed by atoms with Crippen LogP contribution in [0.3, 0.4) is 0 Å². The van der Waals surface area contributed by atoms with E-state index in [-0.39, 0.29) is 11.9 Å². The van der Waals surface area contributed by atoms with Gasteiger partial charge in [-0.1, -0.05) is 12.8 Å². The zero-order chi connectivity index (χ0) is 16.6. The first kappa shape index (κ1) is 15.4. The molecule has 7 nitrogen and oxygen atoms in total. The number of hydrogen-bond donors (Lipinski definition) is 2. The normalized spacial score (nSPS) is 27.0. The van der Waals surface area contributed by atoms with Gasteiger partial charge in [-0.05, 0) is 25.3 Å². The standard InChI is InChI=1S/C17H23N5O2/c23-16(19-11-14-4-8-18-15-5-9-20-22(14)15)21-10-7-17(24)6-2-1-3-13(17)12-21/h4-5,8-9,13,24H,1-3,6-7,10-12H2,(H,19,23). The number of carbonyl (C=O) groups is 1. The second-order valence-corrected chi connectivity index (χ2v) is 6.94. The van der Waals surface area contributed by atoms with Crippen LogP contribution in [0.2, 0.25) is 0 Å². The predicted molar refractivity (Wildman–Crippen MR) is 88.3 cm³/mol. The lowest BCUT2D eigenvalue weighted by Crippen LogP contribution is -2.56. The number of carbonyl (C=O) groups excluding carboxylic acids is 1. The maximum atomic E-state index is 12.5. The Balaban J connectivity index is 1.39. The Labute approximate surface area is 140 Å². The molecule has 0 spiro atoms. The summed E-state index contributed by atoms with van der Waals surface area (Å²) in [6.45, 7) is 1.67. The summed E-state index contributed by atoms with van der Waals surface area (Å²) in [6.07, 6.45) is 8.24. The zero-order valence-corrected chi connectivity index (χ0v) is 13.7. The number of nitrogens with zero attached hydrogens (tertiary/aromatic N) is 4. The van der Waals surface area contributed by atoms with Gasteiger partial charge in [-0.3, -0.25) is 0 Å². The molecule has 2 aromatic rings. The Kier molecular flexibility index (Phi) is 3.88. The van der Waals surface area contributed by atoms with Gasteiger partial charge in [0, 0.05) is 31.3 Å². The molecule has 24 heavy (non-hydrogen) atoms. The van der Waals surface area contributed by atoms with Gasteiger partial charge in [0.2, 0.25) is 0 Å². The van der Waals surface area contributed by atoms with Crippen molar-refractivity contribution in [2.45, 2.75) is 44.2 Å². The van der Waals surface area contributed by atoms with Crippen molar-refractivity contribution in [1.82, 2.24) is 24.8 Å². The zero-order valence-electron chi connectivity index (χ0n) is 13.7. The minimum atomic E-state index is -0.554. The predicted octanol–water partition coefficient (Wildman–Crippen LogP) is 1.57. The summed E-state index contributed by atoms with van der Waals surface area (Å²) in [7, 11) is 0. The van der Waals surface area contributed by atoms with E-state index in [0.29, 0.717) is 26.1 Å². The van der Waals surface area contributed by atoms with Crippen molar-refractivity contribution >= 4 is 11.7 Å². The topological polar surface area (TPSA) is 82.8 Å². The molecule has 2 amide bonds. The molecule has 2 fully saturated rings. The third-order valence-electron chi connectivity index (χ3n) is 5.50. The summed E-state index contributed by atoms with van der Waals surface area (Å²) in [5.74, 6) is 0.212. The van der Waals surface area contributed by atoms with Crippen molar-refractivity contribution in [3.05, 3.63) is 30.2 Å². The fraction of sp³-hybridized carbons (Fsp3) is 0.588. The molecular weight excluding hydrogens is 306 g/mol. The van der Waals surface area contributed by atoms with E-state index in [2.05, 4.69) is 15.4 Å². The second kappa shape index (κ2) is 6.05. The van der Waals surface area contributed by atoms with Crippen LogP contribution in [-0.4, -0.2) is 49.3 Å². The average Bonchev–Trinajstić information content (AvgIpc) is 3.08. The van der Waals surface area contributed by atoms with Gasteiger partial charge in [-0.25, -0.2) is 14.3 Å². The largest absolute Gasteiger partial charge is 0.389 e. The van der Waals surface area contributed by atoms with Crippen molar-refractivity contribution in [3.8, 4) is 0 Å². The van der Waals surface area contributed by atoms with E-state index in [1.165, 1.54) is 0 Å². The van der Waals surface area contributed by atoms with Crippen LogP contribution in [0.25, 0.3) is 5.65 Å². The van der Waals surface area contributed by atoms with Crippen molar-refractivity contribution < 1.29 is 9.90 Å². The number of amides is 2. The van der Waals surface area contributed by atoms with Gasteiger partial charge in [0.05, 0.1) is 24.0 Å². The number of urea groups is 1. The highest BCUT2D eigenvalue weighted by Crippen LogP contribution is 2.39. The number of hydrogen-bond acceptors (Lipinski definition) is 4. The number of fused-ring (bicyclic) bond motifs is 2. The molecule has 2 aromatic heterocycles. The van der Waals surface area contributed by atoms with E-state index in [9.17, 15) is 9.90 Å². The smallest absolute Gasteiger partial charge is 0.317 e. The molecule has 4 rings (SSSR count). The summed E-state index contributed by atoms with van der Waals surface area (Å²) in [5, 5.41) is 17.9. The summed E-state index contributed by atoms with van der Waals surface area (Å²) in [5.41, 5.74) is 1.11. The number of rotatable bonds is 2. The van der Waals surface area contributed by atoms with E-state index in [1.807, 2.05) is 17.0 Å². The molecule has 2 aliphatic rings. The molecule has 0 aromatic carbocycles. The highest BCUT2D eigenvalue weighted by atomic mass is 16.3. The number of aromatic nitrogens is 3. The van der Waals surface area contributed by atoms with Crippen molar-refractivity contribution in [3.63, 3.8) is 0 Å². The molecule has 0 radical (unpaired) electrons. The van der Waals surface area contributed by atoms with Crippen LogP contribution in [0.15, 0.2) is 24.5 Å². The minimum Gasteiger partial charge on any atom is -0.389 e. The third kappa shape index (κ3) is 2.73. The molecule has 7 heteroatoms. The molecule has 2 atom stereocenters. The van der Waals surface area contributed by atoms with Crippen LogP contribution in [0.1, 0.15) is 37.8 Å². The van der Waals surface area contributed by atoms with Crippen LogP contribution >= 0.6 is 0 Å². The van der Waals surface area contributed by atoms with Crippen LogP contribution in [0.5, 0.6) is 0 Å². The first-order valence-corrected chi connectivity index (χ1v) is 8.68. The van der Waals surface area contributed by atoms with E-state index < -0.39 is 5.60 Å². The first-order valence-electron chi connectivity index (χ1n) is 8.68. The molecular formula is C17H23N5O2. The Morgan fingerprint density at radius 3 is 3.17 bits per heavy atom. The van der Waals surface area contributed by atoms with Gasteiger partial charge in [0.1, 0.15) is 0 Å². The van der Waals surface area contributed by atoms with Gasteiger partial charge >= 0.3 is 6.03 Å². The van der Waals surface area contributed by atoms with Crippen LogP contribution in [-0.2, 0) is 6.54 Å². The maximum Gasteiger partial charge on any atom is 0.317 e. The highest BCUT2D eigenvalue weighted by Gasteiger charge is 2.43. The average molecular weight is 329 g/mol. The lowest BCUT2D eigenvalue weighted by atomic mass is 9.71. The fourth-order valence-electron chi connectivity index (χ4n) is 4.05. The highest BCUT2D eigenvalue weighted by molar-refractivity contribution is 5.74. The van der Waals surface area contributed by atoms with Crippen LogP contribution < -0.4 is 5.32 Å². The van der Waals surface area contributed by atoms with Crippen LogP contribution in [0, 0.1) is 5.92 Å². The van der Waals surface area contributed by atoms with Gasteiger partial charge in [0.15, 0.2) is 5.65 Å². The molecule has 2 N–H and O–H groups in total. The quantitative estimate of drug-likeness (QED) is 0.876. The molecule has 1 aliphatic heterocycles. The van der Waals surface area contributed by atoms with E-state index in [1.54, 1.807) is 16.9 Å². The summed E-state index contributed by atoms with van der Waals surface area (Å²) in [4.78, 5) is 18.6. The number of likely N-dealkylation sites (tertiary alicyclic amines) is 1. The summed E-state index contributed by atoms with van der Waals surface area (Å²) >= 11 is 0. The summed E-state index contributed by atoms with van der Waals surface area (Å²) < 4.78 is 1.73. The first-order chi connectivity index (χ1) is 11.7. The van der Waals surface area contributed by atoms with Gasteiger partial charge in [-0.2, -0.15) is 5.10 Å². The number of nitrogens with one attached hydrogen (secondary N) is 1. The van der Waals surface area contributed by atoms with Crippen LogP contribution in [0.4, 0.5) is 4.79 Å². The molecule has 1 aliphatic carbocycles. The Bertz CT molecular complexity index is 745. The number of piperidine rings is 1. The molecule has 128 valence electrons. The van der Waals surface area contributed by atoms with Crippen molar-refractivity contribution in [2.75, 3.05) is 13.1 Å². The van der Waals surface area contributed by atoms with Gasteiger partial charge in [-0.15, -0.1) is 0 Å². The fourth-order valence-corrected chi connectivity index (χ4v) is 4.05. The molecule has 3 heterocycles. The summed E-state index contributed by atoms with van der Waals surface area (Å²) in [6, 6.07) is 3.62. The maximum absolute atomic E-state index is 12.5. The molecule has 0 bridgehead atoms. The van der Waals surface area contributed by atoms with Gasteiger partial charge < -0.3 is 15.3 Å². The third-order valence-corrected chi connectivity index (χ3v) is 5.50. The monoisotopic (exact) mass is 329 g/mol.